The first-order chi connectivity index (χ1) is 21.8. The number of hydrogen-bond acceptors (Lipinski definition) is 8. The summed E-state index contributed by atoms with van der Waals surface area (Å²) in [5.74, 6) is -0.748. The predicted molar refractivity (Wildman–Crippen MR) is 169 cm³/mol. The first kappa shape index (κ1) is 38.7. The number of primary sulfonamides is 1. The molecule has 0 amide bonds. The van der Waals surface area contributed by atoms with E-state index in [1.165, 1.54) is 40.9 Å². The average Bonchev–Trinajstić information content (AvgIpc) is 3.52. The molecule has 2 N–H and O–H groups in total. The van der Waals surface area contributed by atoms with Crippen molar-refractivity contribution in [3.8, 4) is 22.6 Å². The second kappa shape index (κ2) is 14.8. The van der Waals surface area contributed by atoms with Crippen molar-refractivity contribution < 1.29 is 64.1 Å². The average molecular weight is 715 g/mol. The fraction of sp³-hybridized carbons (Fsp3) is 0.200. The molecular formula is C30H30F3N6NaO6S2. The van der Waals surface area contributed by atoms with Crippen LogP contribution in [0.2, 0.25) is 0 Å². The van der Waals surface area contributed by atoms with Gasteiger partial charge in [0.1, 0.15) is 21.7 Å². The molecule has 0 aliphatic carbocycles. The van der Waals surface area contributed by atoms with Gasteiger partial charge in [-0.3, -0.25) is 9.48 Å². The molecule has 12 nitrogen and oxygen atoms in total. The van der Waals surface area contributed by atoms with Crippen molar-refractivity contribution in [1.29, 1.82) is 0 Å². The van der Waals surface area contributed by atoms with E-state index in [9.17, 15) is 39.4 Å². The molecule has 5 aromatic rings. The standard InChI is InChI=1S/C17H14F3N3O2S.C13H17N3O4S.Na/c1-11-2-4-12(5-3-11)15-10-16(17(18,19)20)22-23(15)13-6-8-14(9-7-13)26(21,24)25;1-10-12(14(2)9-21(18,19)20)13(17)16(15(10)3)11-7-5-4-6-8-11;/h2-10H,1H3,(H2,21,24,25);4-8H,9H2,1-3H3,(H,18,19,20);/q;;+1/p-1. The summed E-state index contributed by atoms with van der Waals surface area (Å²) in [4.78, 5) is 13.6. The molecule has 0 aliphatic heterocycles. The van der Waals surface area contributed by atoms with Crippen molar-refractivity contribution in [2.45, 2.75) is 24.9 Å². The van der Waals surface area contributed by atoms with Gasteiger partial charge in [-0.2, -0.15) is 18.3 Å². The third-order valence-corrected chi connectivity index (χ3v) is 8.65. The molecule has 0 radical (unpaired) electrons. The molecule has 2 heterocycles. The Hall–Kier alpha value is -3.71. The summed E-state index contributed by atoms with van der Waals surface area (Å²) in [6.07, 6.45) is -4.61. The Bertz CT molecular complexity index is 2170. The SMILES string of the molecule is Cc1c(N(C)CS(=O)(=O)[O-])c(=O)n(-c2ccccc2)n1C.Cc1ccc(-c2cc(C(F)(F)F)nn2-c2ccc(S(N)(=O)=O)cc2)cc1.[Na+]. The van der Waals surface area contributed by atoms with Crippen LogP contribution in [0.3, 0.4) is 0 Å². The van der Waals surface area contributed by atoms with E-state index in [0.717, 1.165) is 16.3 Å². The summed E-state index contributed by atoms with van der Waals surface area (Å²) >= 11 is 0. The van der Waals surface area contributed by atoms with E-state index in [-0.39, 0.29) is 57.1 Å². The van der Waals surface area contributed by atoms with E-state index >= 15 is 0 Å². The molecule has 0 saturated carbocycles. The zero-order valence-corrected chi connectivity index (χ0v) is 30.1. The zero-order valence-electron chi connectivity index (χ0n) is 26.5. The predicted octanol–water partition coefficient (Wildman–Crippen LogP) is 0.941. The number of nitrogens with zero attached hydrogens (tertiary/aromatic N) is 5. The molecule has 48 heavy (non-hydrogen) atoms. The molecule has 18 heteroatoms. The van der Waals surface area contributed by atoms with Crippen LogP contribution in [0.25, 0.3) is 22.6 Å². The summed E-state index contributed by atoms with van der Waals surface area (Å²) in [5.41, 5.74) is 2.07. The van der Waals surface area contributed by atoms with E-state index in [0.29, 0.717) is 16.9 Å². The Labute approximate surface area is 297 Å². The monoisotopic (exact) mass is 714 g/mol. The van der Waals surface area contributed by atoms with Gasteiger partial charge in [-0.1, -0.05) is 48.0 Å². The van der Waals surface area contributed by atoms with E-state index in [1.54, 1.807) is 67.2 Å². The number of hydrogen-bond donors (Lipinski definition) is 1. The molecular weight excluding hydrogens is 684 g/mol. The van der Waals surface area contributed by atoms with Gasteiger partial charge < -0.3 is 9.45 Å². The van der Waals surface area contributed by atoms with Gasteiger partial charge in [-0.05, 0) is 56.3 Å². The van der Waals surface area contributed by atoms with Crippen LogP contribution in [-0.4, -0.2) is 53.5 Å². The number of aryl methyl sites for hydroxylation is 1. The molecule has 0 unspecified atom stereocenters. The minimum atomic E-state index is -4.61. The van der Waals surface area contributed by atoms with Crippen LogP contribution >= 0.6 is 0 Å². The fourth-order valence-corrected chi connectivity index (χ4v) is 5.84. The third-order valence-electron chi connectivity index (χ3n) is 7.01. The van der Waals surface area contributed by atoms with Gasteiger partial charge in [-0.15, -0.1) is 0 Å². The summed E-state index contributed by atoms with van der Waals surface area (Å²) in [5, 5.41) is 8.70. The third kappa shape index (κ3) is 9.04. The van der Waals surface area contributed by atoms with E-state index in [2.05, 4.69) is 5.10 Å². The van der Waals surface area contributed by atoms with Crippen LogP contribution in [0.4, 0.5) is 18.9 Å². The Balaban J connectivity index is 0.000000261. The zero-order chi connectivity index (χ0) is 34.9. The second-order valence-electron chi connectivity index (χ2n) is 10.5. The number of sulfonamides is 1. The molecule has 0 atom stereocenters. The first-order valence-electron chi connectivity index (χ1n) is 13.6. The van der Waals surface area contributed by atoms with Gasteiger partial charge in [0, 0.05) is 19.7 Å². The van der Waals surface area contributed by atoms with Gasteiger partial charge in [0.2, 0.25) is 10.0 Å². The van der Waals surface area contributed by atoms with Crippen molar-refractivity contribution in [3.05, 3.63) is 112 Å². The summed E-state index contributed by atoms with van der Waals surface area (Å²) in [7, 11) is -5.24. The molecule has 0 fully saturated rings. The molecule has 250 valence electrons. The number of anilines is 1. The minimum absolute atomic E-state index is 0. The molecule has 5 rings (SSSR count). The maximum atomic E-state index is 13.1. The Morgan fingerprint density at radius 1 is 0.896 bits per heavy atom. The number of nitrogens with two attached hydrogens (primary N) is 1. The van der Waals surface area contributed by atoms with Gasteiger partial charge in [0.05, 0.1) is 27.7 Å². The van der Waals surface area contributed by atoms with Crippen LogP contribution < -0.4 is 45.2 Å². The van der Waals surface area contributed by atoms with E-state index in [4.69, 9.17) is 5.14 Å². The number of aromatic nitrogens is 4. The maximum Gasteiger partial charge on any atom is 1.00 e. The number of rotatable bonds is 7. The Kier molecular flexibility index (Phi) is 12.0. The Morgan fingerprint density at radius 2 is 1.46 bits per heavy atom. The van der Waals surface area contributed by atoms with E-state index in [1.807, 2.05) is 13.0 Å². The quantitative estimate of drug-likeness (QED) is 0.192. The topological polar surface area (TPSA) is 165 Å². The largest absolute Gasteiger partial charge is 1.00 e. The first-order valence-corrected chi connectivity index (χ1v) is 16.8. The van der Waals surface area contributed by atoms with Crippen molar-refractivity contribution in [2.75, 3.05) is 17.8 Å². The van der Waals surface area contributed by atoms with Crippen LogP contribution in [0.1, 0.15) is 17.0 Å². The summed E-state index contributed by atoms with van der Waals surface area (Å²) < 4.78 is 98.9. The summed E-state index contributed by atoms with van der Waals surface area (Å²) in [6, 6.07) is 22.0. The second-order valence-corrected chi connectivity index (χ2v) is 13.5. The van der Waals surface area contributed by atoms with Crippen LogP contribution in [0, 0.1) is 13.8 Å². The van der Waals surface area contributed by atoms with Crippen LogP contribution in [0.5, 0.6) is 0 Å². The van der Waals surface area contributed by atoms with Crippen molar-refractivity contribution >= 4 is 25.8 Å². The van der Waals surface area contributed by atoms with Crippen LogP contribution in [-0.2, 0) is 33.4 Å². The molecule has 0 bridgehead atoms. The number of para-hydroxylation sites is 1. The number of halogens is 3. The molecule has 0 spiro atoms. The van der Waals surface area contributed by atoms with Crippen LogP contribution in [0.15, 0.2) is 94.6 Å². The van der Waals surface area contributed by atoms with Crippen molar-refractivity contribution in [1.82, 2.24) is 19.1 Å². The molecule has 0 saturated heterocycles. The molecule has 0 aliphatic rings. The van der Waals surface area contributed by atoms with Crippen molar-refractivity contribution in [3.63, 3.8) is 0 Å². The maximum absolute atomic E-state index is 13.1. The summed E-state index contributed by atoms with van der Waals surface area (Å²) in [6.45, 7) is 3.57. The Morgan fingerprint density at radius 3 is 1.96 bits per heavy atom. The van der Waals surface area contributed by atoms with Gasteiger partial charge in [-0.25, -0.2) is 31.3 Å². The smallest absolute Gasteiger partial charge is 0.747 e. The van der Waals surface area contributed by atoms with E-state index < -0.39 is 37.9 Å². The minimum Gasteiger partial charge on any atom is -0.747 e. The fourth-order valence-electron chi connectivity index (χ4n) is 4.72. The molecule has 3 aromatic carbocycles. The normalized spacial score (nSPS) is 11.8. The van der Waals surface area contributed by atoms with Gasteiger partial charge in [0.25, 0.3) is 5.56 Å². The van der Waals surface area contributed by atoms with Crippen molar-refractivity contribution in [2.24, 2.45) is 12.2 Å². The number of benzene rings is 3. The molecule has 2 aromatic heterocycles. The van der Waals surface area contributed by atoms with Gasteiger partial charge in [0.15, 0.2) is 5.69 Å². The van der Waals surface area contributed by atoms with Gasteiger partial charge >= 0.3 is 35.7 Å². The number of alkyl halides is 3.